The third-order valence-electron chi connectivity index (χ3n) is 3.62. The van der Waals surface area contributed by atoms with E-state index in [1.165, 1.54) is 31.3 Å². The molecule has 0 aromatic heterocycles. The van der Waals surface area contributed by atoms with Crippen molar-refractivity contribution in [1.29, 1.82) is 0 Å². The van der Waals surface area contributed by atoms with Crippen LogP contribution in [0.15, 0.2) is 29.5 Å². The second-order valence-electron chi connectivity index (χ2n) is 6.01. The number of para-hydroxylation sites is 1. The predicted octanol–water partition coefficient (Wildman–Crippen LogP) is 2.25. The normalized spacial score (nSPS) is 14.5. The molecule has 1 aliphatic rings. The third kappa shape index (κ3) is 4.13. The molecule has 26 heavy (non-hydrogen) atoms. The molecule has 0 saturated heterocycles. The van der Waals surface area contributed by atoms with Gasteiger partial charge in [-0.2, -0.15) is 0 Å². The maximum atomic E-state index is 14.6. The molecule has 8 heteroatoms. The molecular weight excluding hydrogens is 345 g/mol. The zero-order valence-corrected chi connectivity index (χ0v) is 15.2. The molecule has 0 aliphatic carbocycles. The SMILES string of the molecule is COC(=O)C1=C(C(=O)OC)N(c2c(F)cccc2OCC(C)C)COC1. The van der Waals surface area contributed by atoms with E-state index in [-0.39, 0.29) is 42.0 Å². The molecular formula is C18H22FNO6. The summed E-state index contributed by atoms with van der Waals surface area (Å²) in [6.07, 6.45) is 0. The topological polar surface area (TPSA) is 74.3 Å². The van der Waals surface area contributed by atoms with Crippen LogP contribution in [-0.2, 0) is 23.8 Å². The first-order valence-corrected chi connectivity index (χ1v) is 8.07. The second-order valence-corrected chi connectivity index (χ2v) is 6.01. The first kappa shape index (κ1) is 19.7. The van der Waals surface area contributed by atoms with E-state index in [9.17, 15) is 14.0 Å². The maximum Gasteiger partial charge on any atom is 0.355 e. The molecule has 0 amide bonds. The molecule has 0 atom stereocenters. The number of hydrogen-bond donors (Lipinski definition) is 0. The van der Waals surface area contributed by atoms with Crippen molar-refractivity contribution in [2.45, 2.75) is 13.8 Å². The smallest absolute Gasteiger partial charge is 0.355 e. The highest BCUT2D eigenvalue weighted by Gasteiger charge is 2.35. The summed E-state index contributed by atoms with van der Waals surface area (Å²) in [6.45, 7) is 3.97. The van der Waals surface area contributed by atoms with Gasteiger partial charge in [0.2, 0.25) is 0 Å². The molecule has 0 unspecified atom stereocenters. The Morgan fingerprint density at radius 3 is 2.54 bits per heavy atom. The highest BCUT2D eigenvalue weighted by Crippen LogP contribution is 2.36. The Bertz CT molecular complexity index is 716. The first-order valence-electron chi connectivity index (χ1n) is 8.07. The molecule has 2 rings (SSSR count). The number of carbonyl (C=O) groups is 2. The second kappa shape index (κ2) is 8.66. The molecule has 0 radical (unpaired) electrons. The molecule has 0 bridgehead atoms. The van der Waals surface area contributed by atoms with Gasteiger partial charge in [0.15, 0.2) is 5.82 Å². The molecule has 0 saturated carbocycles. The van der Waals surface area contributed by atoms with E-state index in [4.69, 9.17) is 18.9 Å². The number of ether oxygens (including phenoxy) is 4. The summed E-state index contributed by atoms with van der Waals surface area (Å²) in [5, 5.41) is 0. The van der Waals surface area contributed by atoms with E-state index in [2.05, 4.69) is 0 Å². The van der Waals surface area contributed by atoms with Crippen LogP contribution in [-0.4, -0.2) is 46.1 Å². The van der Waals surface area contributed by atoms with Gasteiger partial charge in [0.05, 0.1) is 33.0 Å². The molecule has 1 aliphatic heterocycles. The van der Waals surface area contributed by atoms with E-state index in [0.29, 0.717) is 6.61 Å². The van der Waals surface area contributed by atoms with Crippen LogP contribution in [0.4, 0.5) is 10.1 Å². The summed E-state index contributed by atoms with van der Waals surface area (Å²) >= 11 is 0. The van der Waals surface area contributed by atoms with Crippen LogP contribution in [0.25, 0.3) is 0 Å². The highest BCUT2D eigenvalue weighted by molar-refractivity contribution is 6.03. The fourth-order valence-electron chi connectivity index (χ4n) is 2.45. The standard InChI is InChI=1S/C18H22FNO6/c1-11(2)8-26-14-7-5-6-13(19)16(14)20-10-25-9-12(17(21)23-3)15(20)18(22)24-4/h5-7,11H,8-10H2,1-4H3. The van der Waals surface area contributed by atoms with Crippen LogP contribution in [0.1, 0.15) is 13.8 Å². The van der Waals surface area contributed by atoms with Crippen molar-refractivity contribution < 1.29 is 32.9 Å². The first-order chi connectivity index (χ1) is 12.4. The van der Waals surface area contributed by atoms with Gasteiger partial charge < -0.3 is 23.8 Å². The van der Waals surface area contributed by atoms with Gasteiger partial charge >= 0.3 is 11.9 Å². The number of rotatable bonds is 6. The van der Waals surface area contributed by atoms with Gasteiger partial charge in [0.25, 0.3) is 0 Å². The lowest BCUT2D eigenvalue weighted by atomic mass is 10.1. The van der Waals surface area contributed by atoms with E-state index in [1.807, 2.05) is 13.8 Å². The molecule has 0 N–H and O–H groups in total. The number of hydrogen-bond acceptors (Lipinski definition) is 7. The summed E-state index contributed by atoms with van der Waals surface area (Å²) < 4.78 is 35.2. The van der Waals surface area contributed by atoms with Gasteiger partial charge in [-0.25, -0.2) is 14.0 Å². The molecule has 7 nitrogen and oxygen atoms in total. The Kier molecular flexibility index (Phi) is 6.57. The Hall–Kier alpha value is -2.61. The van der Waals surface area contributed by atoms with Crippen LogP contribution in [0, 0.1) is 11.7 Å². The fourth-order valence-corrected chi connectivity index (χ4v) is 2.45. The van der Waals surface area contributed by atoms with Gasteiger partial charge in [-0.3, -0.25) is 0 Å². The van der Waals surface area contributed by atoms with Crippen molar-refractivity contribution in [2.24, 2.45) is 5.92 Å². The molecule has 0 fully saturated rings. The number of esters is 2. The van der Waals surface area contributed by atoms with Gasteiger partial charge in [0.1, 0.15) is 23.9 Å². The minimum absolute atomic E-state index is 0.00495. The van der Waals surface area contributed by atoms with Crippen molar-refractivity contribution in [1.82, 2.24) is 0 Å². The van der Waals surface area contributed by atoms with Crippen LogP contribution >= 0.6 is 0 Å². The van der Waals surface area contributed by atoms with Gasteiger partial charge in [-0.15, -0.1) is 0 Å². The lowest BCUT2D eigenvalue weighted by Gasteiger charge is -2.32. The monoisotopic (exact) mass is 367 g/mol. The Morgan fingerprint density at radius 2 is 1.92 bits per heavy atom. The lowest BCUT2D eigenvalue weighted by molar-refractivity contribution is -0.140. The van der Waals surface area contributed by atoms with E-state index < -0.39 is 17.8 Å². The van der Waals surface area contributed by atoms with Crippen molar-refractivity contribution in [3.63, 3.8) is 0 Å². The van der Waals surface area contributed by atoms with Crippen molar-refractivity contribution in [3.05, 3.63) is 35.3 Å². The minimum atomic E-state index is -0.799. The molecule has 1 aromatic carbocycles. The predicted molar refractivity (Wildman–Crippen MR) is 91.1 cm³/mol. The number of methoxy groups -OCH3 is 2. The zero-order chi connectivity index (χ0) is 19.3. The number of anilines is 1. The van der Waals surface area contributed by atoms with E-state index >= 15 is 0 Å². The van der Waals surface area contributed by atoms with Crippen LogP contribution in [0.5, 0.6) is 5.75 Å². The number of halogens is 1. The van der Waals surface area contributed by atoms with Gasteiger partial charge in [-0.05, 0) is 18.1 Å². The summed E-state index contributed by atoms with van der Waals surface area (Å²) in [4.78, 5) is 25.6. The van der Waals surface area contributed by atoms with Gasteiger partial charge in [-0.1, -0.05) is 19.9 Å². The third-order valence-corrected chi connectivity index (χ3v) is 3.62. The molecule has 142 valence electrons. The van der Waals surface area contributed by atoms with Gasteiger partial charge in [0, 0.05) is 0 Å². The van der Waals surface area contributed by atoms with E-state index in [1.54, 1.807) is 6.07 Å². The Labute approximate surface area is 151 Å². The fraction of sp³-hybridized carbons (Fsp3) is 0.444. The quantitative estimate of drug-likeness (QED) is 0.714. The van der Waals surface area contributed by atoms with Crippen molar-refractivity contribution in [3.8, 4) is 5.75 Å². The Morgan fingerprint density at radius 1 is 1.23 bits per heavy atom. The maximum absolute atomic E-state index is 14.6. The average molecular weight is 367 g/mol. The number of benzene rings is 1. The van der Waals surface area contributed by atoms with Crippen LogP contribution in [0.2, 0.25) is 0 Å². The van der Waals surface area contributed by atoms with Crippen molar-refractivity contribution >= 4 is 17.6 Å². The van der Waals surface area contributed by atoms with Crippen molar-refractivity contribution in [2.75, 3.05) is 39.1 Å². The zero-order valence-electron chi connectivity index (χ0n) is 15.2. The molecule has 1 heterocycles. The van der Waals surface area contributed by atoms with E-state index in [0.717, 1.165) is 0 Å². The highest BCUT2D eigenvalue weighted by atomic mass is 19.1. The summed E-state index contributed by atoms with van der Waals surface area (Å²) in [5.41, 5.74) is -0.191. The Balaban J connectivity index is 2.58. The lowest BCUT2D eigenvalue weighted by Crippen LogP contribution is -2.39. The van der Waals surface area contributed by atoms with Crippen LogP contribution in [0.3, 0.4) is 0 Å². The summed E-state index contributed by atoms with van der Waals surface area (Å²) in [7, 11) is 2.36. The molecule has 0 spiro atoms. The molecule has 1 aromatic rings. The number of nitrogens with zero attached hydrogens (tertiary/aromatic N) is 1. The van der Waals surface area contributed by atoms with Crippen LogP contribution < -0.4 is 9.64 Å². The summed E-state index contributed by atoms with van der Waals surface area (Å²) in [6, 6.07) is 4.32. The largest absolute Gasteiger partial charge is 0.491 e. The number of carbonyl (C=O) groups excluding carboxylic acids is 2. The minimum Gasteiger partial charge on any atom is -0.491 e. The summed E-state index contributed by atoms with van der Waals surface area (Å²) in [5.74, 6) is -1.73. The average Bonchev–Trinajstić information content (AvgIpc) is 2.64.